The van der Waals surface area contributed by atoms with Crippen LogP contribution < -0.4 is 0 Å². The molecule has 2 nitrogen and oxygen atoms in total. The quantitative estimate of drug-likeness (QED) is 0.542. The van der Waals surface area contributed by atoms with E-state index in [0.29, 0.717) is 11.1 Å². The van der Waals surface area contributed by atoms with Crippen molar-refractivity contribution in [3.8, 4) is 12.1 Å². The molecule has 0 aliphatic rings. The topological polar surface area (TPSA) is 47.6 Å². The van der Waals surface area contributed by atoms with Gasteiger partial charge in [0.25, 0.3) is 0 Å². The fourth-order valence-corrected chi connectivity index (χ4v) is 4.27. The summed E-state index contributed by atoms with van der Waals surface area (Å²) in [4.78, 5) is 3.94. The lowest BCUT2D eigenvalue weighted by atomic mass is 10.2. The van der Waals surface area contributed by atoms with Gasteiger partial charge < -0.3 is 0 Å². The minimum atomic E-state index is 0.663. The van der Waals surface area contributed by atoms with Crippen molar-refractivity contribution in [2.45, 2.75) is 0 Å². The predicted octanol–water partition coefficient (Wildman–Crippen LogP) is 6.00. The van der Waals surface area contributed by atoms with Gasteiger partial charge in [0, 0.05) is 19.5 Å². The SMILES string of the molecule is N#CC(=Cc1ccc(C=C(C#N)c2cccs2)s1)c1cccs1. The summed E-state index contributed by atoms with van der Waals surface area (Å²) in [6, 6.07) is 16.2. The summed E-state index contributed by atoms with van der Waals surface area (Å²) < 4.78 is 0. The fourth-order valence-electron chi connectivity index (χ4n) is 1.99. The molecule has 0 N–H and O–H groups in total. The Balaban J connectivity index is 1.89. The van der Waals surface area contributed by atoms with Crippen LogP contribution in [0.2, 0.25) is 0 Å². The summed E-state index contributed by atoms with van der Waals surface area (Å²) >= 11 is 4.68. The molecule has 3 rings (SSSR count). The second-order valence-corrected chi connectivity index (χ2v) is 7.58. The minimum Gasteiger partial charge on any atom is -0.192 e. The number of nitrogens with zero attached hydrogens (tertiary/aromatic N) is 2. The average Bonchev–Trinajstić information content (AvgIpc) is 3.32. The predicted molar refractivity (Wildman–Crippen MR) is 99.9 cm³/mol. The van der Waals surface area contributed by atoms with E-state index in [4.69, 9.17) is 0 Å². The molecule has 0 fully saturated rings. The smallest absolute Gasteiger partial charge is 0.101 e. The number of allylic oxidation sites excluding steroid dienone is 2. The van der Waals surface area contributed by atoms with Crippen molar-refractivity contribution >= 4 is 57.3 Å². The number of hydrogen-bond donors (Lipinski definition) is 0. The zero-order valence-electron chi connectivity index (χ0n) is 11.9. The summed E-state index contributed by atoms with van der Waals surface area (Å²) in [5.74, 6) is 0. The van der Waals surface area contributed by atoms with Crippen LogP contribution in [-0.2, 0) is 0 Å². The van der Waals surface area contributed by atoms with Crippen LogP contribution in [0.5, 0.6) is 0 Å². The summed E-state index contributed by atoms with van der Waals surface area (Å²) in [5, 5.41) is 22.6. The molecule has 3 aromatic rings. The Morgan fingerprint density at radius 3 is 1.61 bits per heavy atom. The van der Waals surface area contributed by atoms with E-state index >= 15 is 0 Å². The highest BCUT2D eigenvalue weighted by Crippen LogP contribution is 2.29. The van der Waals surface area contributed by atoms with E-state index in [1.165, 1.54) is 0 Å². The van der Waals surface area contributed by atoms with Crippen LogP contribution in [0.15, 0.2) is 47.2 Å². The van der Waals surface area contributed by atoms with Crippen molar-refractivity contribution in [2.24, 2.45) is 0 Å². The van der Waals surface area contributed by atoms with Crippen LogP contribution in [0.25, 0.3) is 23.3 Å². The molecule has 0 aliphatic heterocycles. The molecule has 0 aromatic carbocycles. The zero-order valence-corrected chi connectivity index (χ0v) is 14.3. The Hall–Kier alpha value is -2.44. The zero-order chi connectivity index (χ0) is 16.1. The molecule has 0 bridgehead atoms. The average molecular weight is 350 g/mol. The van der Waals surface area contributed by atoms with Gasteiger partial charge in [-0.25, -0.2) is 0 Å². The second kappa shape index (κ2) is 7.21. The third-order valence-electron chi connectivity index (χ3n) is 3.03. The Morgan fingerprint density at radius 1 is 0.783 bits per heavy atom. The lowest BCUT2D eigenvalue weighted by Gasteiger charge is -1.93. The van der Waals surface area contributed by atoms with Crippen LogP contribution in [0.3, 0.4) is 0 Å². The maximum absolute atomic E-state index is 9.31. The van der Waals surface area contributed by atoms with Crippen molar-refractivity contribution in [2.75, 3.05) is 0 Å². The van der Waals surface area contributed by atoms with E-state index in [0.717, 1.165) is 19.5 Å². The maximum atomic E-state index is 9.31. The van der Waals surface area contributed by atoms with Gasteiger partial charge >= 0.3 is 0 Å². The normalized spacial score (nSPS) is 11.9. The van der Waals surface area contributed by atoms with Gasteiger partial charge in [0.15, 0.2) is 0 Å². The molecule has 0 aliphatic carbocycles. The molecule has 3 heterocycles. The van der Waals surface area contributed by atoms with Crippen molar-refractivity contribution in [3.63, 3.8) is 0 Å². The number of hydrogen-bond acceptors (Lipinski definition) is 5. The molecule has 23 heavy (non-hydrogen) atoms. The van der Waals surface area contributed by atoms with Gasteiger partial charge in [-0.15, -0.1) is 34.0 Å². The third-order valence-corrected chi connectivity index (χ3v) is 5.82. The van der Waals surface area contributed by atoms with Crippen LogP contribution in [-0.4, -0.2) is 0 Å². The first-order chi connectivity index (χ1) is 11.3. The molecule has 0 atom stereocenters. The first-order valence-electron chi connectivity index (χ1n) is 6.71. The standard InChI is InChI=1S/C18H10N2S3/c19-11-13(17-3-1-7-21-17)9-15-5-6-16(23-15)10-14(12-20)18-4-2-8-22-18/h1-10H. The first-order valence-corrected chi connectivity index (χ1v) is 9.29. The highest BCUT2D eigenvalue weighted by molar-refractivity contribution is 7.14. The van der Waals surface area contributed by atoms with Gasteiger partial charge in [0.05, 0.1) is 11.1 Å². The monoisotopic (exact) mass is 350 g/mol. The highest BCUT2D eigenvalue weighted by atomic mass is 32.1. The molecule has 0 amide bonds. The molecular formula is C18H10N2S3. The van der Waals surface area contributed by atoms with E-state index in [9.17, 15) is 10.5 Å². The lowest BCUT2D eigenvalue weighted by Crippen LogP contribution is -1.73. The van der Waals surface area contributed by atoms with Gasteiger partial charge in [-0.1, -0.05) is 12.1 Å². The number of nitriles is 2. The van der Waals surface area contributed by atoms with Gasteiger partial charge in [-0.3, -0.25) is 0 Å². The fraction of sp³-hybridized carbons (Fsp3) is 0. The summed E-state index contributed by atoms with van der Waals surface area (Å²) in [6.45, 7) is 0. The van der Waals surface area contributed by atoms with Crippen LogP contribution >= 0.6 is 34.0 Å². The molecule has 0 unspecified atom stereocenters. The molecule has 3 aromatic heterocycles. The van der Waals surface area contributed by atoms with Crippen molar-refractivity contribution in [1.29, 1.82) is 10.5 Å². The molecule has 0 radical (unpaired) electrons. The van der Waals surface area contributed by atoms with Crippen molar-refractivity contribution in [3.05, 3.63) is 66.7 Å². The third kappa shape index (κ3) is 3.67. The van der Waals surface area contributed by atoms with E-state index in [1.807, 2.05) is 59.3 Å². The molecule has 0 saturated heterocycles. The highest BCUT2D eigenvalue weighted by Gasteiger charge is 2.05. The Kier molecular flexibility index (Phi) is 4.85. The summed E-state index contributed by atoms with van der Waals surface area (Å²) in [6.07, 6.45) is 3.79. The van der Waals surface area contributed by atoms with Crippen LogP contribution in [0, 0.1) is 22.7 Å². The molecular weight excluding hydrogens is 340 g/mol. The Bertz CT molecular complexity index is 851. The Morgan fingerprint density at radius 2 is 1.26 bits per heavy atom. The molecule has 5 heteroatoms. The van der Waals surface area contributed by atoms with Gasteiger partial charge in [0.1, 0.15) is 12.1 Å². The lowest BCUT2D eigenvalue weighted by molar-refractivity contribution is 1.54. The van der Waals surface area contributed by atoms with Crippen LogP contribution in [0.1, 0.15) is 19.5 Å². The molecule has 110 valence electrons. The number of rotatable bonds is 4. The molecule has 0 saturated carbocycles. The summed E-state index contributed by atoms with van der Waals surface area (Å²) in [7, 11) is 0. The second-order valence-electron chi connectivity index (χ2n) is 4.53. The van der Waals surface area contributed by atoms with Crippen molar-refractivity contribution < 1.29 is 0 Å². The van der Waals surface area contributed by atoms with Gasteiger partial charge in [0.2, 0.25) is 0 Å². The van der Waals surface area contributed by atoms with E-state index in [1.54, 1.807) is 34.0 Å². The van der Waals surface area contributed by atoms with Gasteiger partial charge in [-0.05, 0) is 47.2 Å². The van der Waals surface area contributed by atoms with Crippen molar-refractivity contribution in [1.82, 2.24) is 0 Å². The summed E-state index contributed by atoms with van der Waals surface area (Å²) in [5.41, 5.74) is 1.33. The van der Waals surface area contributed by atoms with E-state index in [2.05, 4.69) is 12.1 Å². The number of thiophene rings is 3. The van der Waals surface area contributed by atoms with E-state index < -0.39 is 0 Å². The van der Waals surface area contributed by atoms with E-state index in [-0.39, 0.29) is 0 Å². The largest absolute Gasteiger partial charge is 0.192 e. The van der Waals surface area contributed by atoms with Crippen LogP contribution in [0.4, 0.5) is 0 Å². The Labute approximate surface area is 146 Å². The minimum absolute atomic E-state index is 0.663. The first kappa shape index (κ1) is 15.5. The van der Waals surface area contributed by atoms with Gasteiger partial charge in [-0.2, -0.15) is 10.5 Å². The maximum Gasteiger partial charge on any atom is 0.101 e. The molecule has 0 spiro atoms.